The molecule has 6 aromatic carbocycles. The fourth-order valence-electron chi connectivity index (χ4n) is 7.17. The van der Waals surface area contributed by atoms with Crippen LogP contribution >= 0.6 is 0 Å². The number of hydrogen-bond acceptors (Lipinski definition) is 7. The molecule has 0 spiro atoms. The fraction of sp³-hybridized carbons (Fsp3) is 0.133. The maximum atomic E-state index is 12.9. The second kappa shape index (κ2) is 15.0. The molecule has 266 valence electrons. The van der Waals surface area contributed by atoms with E-state index in [0.717, 1.165) is 38.9 Å². The molecule has 54 heavy (non-hydrogen) atoms. The summed E-state index contributed by atoms with van der Waals surface area (Å²) in [5, 5.41) is 14.6. The molecule has 0 aliphatic carbocycles. The molecule has 0 atom stereocenters. The molecule has 8 rings (SSSR count). The van der Waals surface area contributed by atoms with Crippen LogP contribution in [0.4, 0.5) is 0 Å². The third-order valence-corrected chi connectivity index (χ3v) is 9.56. The Balaban J connectivity index is 1.18. The molecule has 0 amide bonds. The largest absolute Gasteiger partial charge is 0.465 e. The number of carbonyl (C=O) groups is 1. The van der Waals surface area contributed by atoms with Crippen LogP contribution in [-0.2, 0) is 16.8 Å². The number of benzene rings is 6. The number of fused-ring (bicyclic) bond motifs is 1. The van der Waals surface area contributed by atoms with Gasteiger partial charge in [-0.05, 0) is 64.6 Å². The first-order chi connectivity index (χ1) is 26.6. The molecule has 0 saturated heterocycles. The Hall–Kier alpha value is -6.87. The molecule has 9 nitrogen and oxygen atoms in total. The van der Waals surface area contributed by atoms with E-state index >= 15 is 0 Å². The number of esters is 1. The highest BCUT2D eigenvalue weighted by Gasteiger charge is 2.41. The van der Waals surface area contributed by atoms with Gasteiger partial charge in [-0.15, -0.1) is 15.0 Å². The SMILES string of the molecule is CCOC(=O)c1cccc2nc(OCC)n(Cc3ccc(-c4ccccc4-c4nnn(C(c5ccccc5)(c5ccccc5)c5ccccc5)n4)cc3)c12. The van der Waals surface area contributed by atoms with Gasteiger partial charge < -0.3 is 9.47 Å². The smallest absolute Gasteiger partial charge is 0.340 e. The van der Waals surface area contributed by atoms with Gasteiger partial charge in [0.2, 0.25) is 5.82 Å². The number of ether oxygens (including phenoxy) is 2. The first-order valence-electron chi connectivity index (χ1n) is 18.1. The number of rotatable bonds is 12. The third-order valence-electron chi connectivity index (χ3n) is 9.56. The lowest BCUT2D eigenvalue weighted by Gasteiger charge is -2.34. The summed E-state index contributed by atoms with van der Waals surface area (Å²) >= 11 is 0. The summed E-state index contributed by atoms with van der Waals surface area (Å²) in [6.45, 7) is 4.88. The highest BCUT2D eigenvalue weighted by molar-refractivity contribution is 6.02. The van der Waals surface area contributed by atoms with Crippen LogP contribution in [0.5, 0.6) is 6.01 Å². The summed E-state index contributed by atoms with van der Waals surface area (Å²) in [5.74, 6) is 0.123. The van der Waals surface area contributed by atoms with Crippen LogP contribution in [0, 0.1) is 0 Å². The normalized spacial score (nSPS) is 11.4. The predicted molar refractivity (Wildman–Crippen MR) is 209 cm³/mol. The summed E-state index contributed by atoms with van der Waals surface area (Å²) in [4.78, 5) is 19.4. The lowest BCUT2D eigenvalue weighted by Crippen LogP contribution is -2.39. The number of carbonyl (C=O) groups excluding carboxylic acids is 1. The Bertz CT molecular complexity index is 2420. The van der Waals surface area contributed by atoms with E-state index in [1.165, 1.54) is 0 Å². The zero-order valence-electron chi connectivity index (χ0n) is 30.0. The van der Waals surface area contributed by atoms with E-state index in [0.29, 0.717) is 41.6 Å². The molecule has 0 saturated carbocycles. The van der Waals surface area contributed by atoms with Crippen LogP contribution < -0.4 is 4.74 Å². The summed E-state index contributed by atoms with van der Waals surface area (Å²) < 4.78 is 13.2. The molecule has 0 unspecified atom stereocenters. The van der Waals surface area contributed by atoms with E-state index in [4.69, 9.17) is 29.9 Å². The van der Waals surface area contributed by atoms with Crippen LogP contribution in [0.25, 0.3) is 33.5 Å². The number of aromatic nitrogens is 6. The summed E-state index contributed by atoms with van der Waals surface area (Å²) in [6, 6.07) is 53.3. The Kier molecular flexibility index (Phi) is 9.51. The van der Waals surface area contributed by atoms with Gasteiger partial charge in [-0.25, -0.2) is 4.79 Å². The molecule has 0 bridgehead atoms. The number of tetrazole rings is 1. The van der Waals surface area contributed by atoms with Gasteiger partial charge in [0.15, 0.2) is 5.54 Å². The van der Waals surface area contributed by atoms with E-state index in [2.05, 4.69) is 66.7 Å². The van der Waals surface area contributed by atoms with Gasteiger partial charge >= 0.3 is 5.97 Å². The van der Waals surface area contributed by atoms with Crippen molar-refractivity contribution in [1.29, 1.82) is 0 Å². The lowest BCUT2D eigenvalue weighted by atomic mass is 9.77. The maximum Gasteiger partial charge on any atom is 0.340 e. The van der Waals surface area contributed by atoms with E-state index < -0.39 is 11.5 Å². The number of nitrogens with zero attached hydrogens (tertiary/aromatic N) is 6. The minimum atomic E-state index is -0.878. The Morgan fingerprint density at radius 1 is 0.648 bits per heavy atom. The lowest BCUT2D eigenvalue weighted by molar-refractivity contribution is 0.0528. The van der Waals surface area contributed by atoms with E-state index in [-0.39, 0.29) is 6.61 Å². The Morgan fingerprint density at radius 3 is 1.83 bits per heavy atom. The van der Waals surface area contributed by atoms with Gasteiger partial charge in [0.1, 0.15) is 0 Å². The van der Waals surface area contributed by atoms with Crippen molar-refractivity contribution in [1.82, 2.24) is 29.8 Å². The standard InChI is InChI=1S/C45H38N6O3/c1-3-53-43(52)39-25-16-26-40-41(39)50(44(46-40)54-4-2)31-32-27-29-33(30-28-32)37-23-14-15-24-38(37)42-47-49-51(48-42)45(34-17-8-5-9-18-34,35-19-10-6-11-20-35)36-21-12-7-13-22-36/h5-30H,3-4,31H2,1-2H3. The number of imidazole rings is 1. The van der Waals surface area contributed by atoms with Crippen molar-refractivity contribution in [3.05, 3.63) is 186 Å². The highest BCUT2D eigenvalue weighted by Crippen LogP contribution is 2.40. The predicted octanol–water partition coefficient (Wildman–Crippen LogP) is 8.82. The van der Waals surface area contributed by atoms with E-state index in [9.17, 15) is 4.79 Å². The Labute approximate surface area is 313 Å². The molecular formula is C45H38N6O3. The van der Waals surface area contributed by atoms with Gasteiger partial charge in [-0.3, -0.25) is 4.57 Å². The van der Waals surface area contributed by atoms with E-state index in [1.807, 2.05) is 96.4 Å². The van der Waals surface area contributed by atoms with Crippen LogP contribution in [0.3, 0.4) is 0 Å². The van der Waals surface area contributed by atoms with Crippen molar-refractivity contribution in [2.24, 2.45) is 0 Å². The van der Waals surface area contributed by atoms with Crippen molar-refractivity contribution >= 4 is 17.0 Å². The van der Waals surface area contributed by atoms with Gasteiger partial charge in [0.05, 0.1) is 36.4 Å². The zero-order chi connectivity index (χ0) is 36.9. The second-order valence-electron chi connectivity index (χ2n) is 12.8. The number of hydrogen-bond donors (Lipinski definition) is 0. The summed E-state index contributed by atoms with van der Waals surface area (Å²) in [6.07, 6.45) is 0. The van der Waals surface area contributed by atoms with E-state index in [1.54, 1.807) is 17.8 Å². The molecule has 0 aliphatic heterocycles. The third kappa shape index (κ3) is 6.19. The topological polar surface area (TPSA) is 97.0 Å². The maximum absolute atomic E-state index is 12.9. The molecule has 8 aromatic rings. The van der Waals surface area contributed by atoms with Gasteiger partial charge in [-0.2, -0.15) is 4.98 Å². The summed E-state index contributed by atoms with van der Waals surface area (Å²) in [5.41, 5.74) is 7.82. The van der Waals surface area contributed by atoms with Crippen LogP contribution in [0.1, 0.15) is 46.5 Å². The molecule has 0 N–H and O–H groups in total. The van der Waals surface area contributed by atoms with Gasteiger partial charge in [0.25, 0.3) is 6.01 Å². The van der Waals surface area contributed by atoms with Crippen molar-refractivity contribution < 1.29 is 14.3 Å². The molecule has 2 aromatic heterocycles. The average molecular weight is 711 g/mol. The number of para-hydroxylation sites is 1. The molecule has 0 fully saturated rings. The molecule has 2 heterocycles. The minimum absolute atomic E-state index is 0.282. The molecule has 9 heteroatoms. The van der Waals surface area contributed by atoms with Crippen LogP contribution in [0.15, 0.2) is 158 Å². The zero-order valence-corrected chi connectivity index (χ0v) is 30.0. The quantitative estimate of drug-likeness (QED) is 0.0924. The Morgan fingerprint density at radius 2 is 1.24 bits per heavy atom. The molecule has 0 aliphatic rings. The van der Waals surface area contributed by atoms with Crippen molar-refractivity contribution in [2.45, 2.75) is 25.9 Å². The van der Waals surface area contributed by atoms with Gasteiger partial charge in [-0.1, -0.05) is 146 Å². The average Bonchev–Trinajstić information content (AvgIpc) is 3.85. The monoisotopic (exact) mass is 710 g/mol. The fourth-order valence-corrected chi connectivity index (χ4v) is 7.17. The molecular weight excluding hydrogens is 673 g/mol. The first kappa shape index (κ1) is 34.2. The summed E-state index contributed by atoms with van der Waals surface area (Å²) in [7, 11) is 0. The second-order valence-corrected chi connectivity index (χ2v) is 12.8. The highest BCUT2D eigenvalue weighted by atomic mass is 16.5. The van der Waals surface area contributed by atoms with Gasteiger partial charge in [0, 0.05) is 5.56 Å². The van der Waals surface area contributed by atoms with Crippen LogP contribution in [-0.4, -0.2) is 48.9 Å². The minimum Gasteiger partial charge on any atom is -0.465 e. The first-order valence-corrected chi connectivity index (χ1v) is 18.1. The van der Waals surface area contributed by atoms with Crippen molar-refractivity contribution in [3.8, 4) is 28.5 Å². The van der Waals surface area contributed by atoms with Crippen LogP contribution in [0.2, 0.25) is 0 Å². The molecule has 0 radical (unpaired) electrons. The van der Waals surface area contributed by atoms with Crippen molar-refractivity contribution in [2.75, 3.05) is 13.2 Å². The van der Waals surface area contributed by atoms with Crippen molar-refractivity contribution in [3.63, 3.8) is 0 Å².